The quantitative estimate of drug-likeness (QED) is 0.628. The molecule has 17 heavy (non-hydrogen) atoms. The maximum absolute atomic E-state index is 5.33. The van der Waals surface area contributed by atoms with Crippen LogP contribution in [0.15, 0.2) is 35.2 Å². The fourth-order valence-electron chi connectivity index (χ4n) is 1.71. The van der Waals surface area contributed by atoms with Gasteiger partial charge in [-0.15, -0.1) is 0 Å². The molecule has 0 aliphatic carbocycles. The van der Waals surface area contributed by atoms with Crippen molar-refractivity contribution in [3.63, 3.8) is 0 Å². The molecule has 0 amide bonds. The Morgan fingerprint density at radius 2 is 2.18 bits per heavy atom. The molecule has 0 atom stereocenters. The van der Waals surface area contributed by atoms with Gasteiger partial charge in [0.25, 0.3) is 0 Å². The van der Waals surface area contributed by atoms with Crippen LogP contribution in [-0.4, -0.2) is 16.9 Å². The summed E-state index contributed by atoms with van der Waals surface area (Å²) in [5.41, 5.74) is 5.11. The predicted octanol–water partition coefficient (Wildman–Crippen LogP) is 2.06. The molecule has 4 nitrogen and oxygen atoms in total. The molecule has 2 rings (SSSR count). The van der Waals surface area contributed by atoms with Gasteiger partial charge in [-0.05, 0) is 47.1 Å². The number of anilines is 1. The molecule has 2 aromatic rings. The lowest BCUT2D eigenvalue weighted by molar-refractivity contribution is 0.319. The van der Waals surface area contributed by atoms with Crippen LogP contribution in [0.2, 0.25) is 0 Å². The molecule has 5 heteroatoms. The zero-order valence-corrected chi connectivity index (χ0v) is 10.6. The third-order valence-corrected chi connectivity index (χ3v) is 3.19. The first kappa shape index (κ1) is 12.0. The van der Waals surface area contributed by atoms with Gasteiger partial charge in [0.1, 0.15) is 5.82 Å². The highest BCUT2D eigenvalue weighted by atomic mass is 32.1. The molecule has 2 heterocycles. The Morgan fingerprint density at radius 3 is 2.88 bits per heavy atom. The van der Waals surface area contributed by atoms with Crippen LogP contribution in [0, 0.1) is 0 Å². The van der Waals surface area contributed by atoms with E-state index < -0.39 is 0 Å². The number of rotatable bonds is 5. The second-order valence-electron chi connectivity index (χ2n) is 4.00. The number of nitrogens with zero attached hydrogens (tertiary/aromatic N) is 2. The van der Waals surface area contributed by atoms with Gasteiger partial charge in [-0.3, -0.25) is 4.90 Å². The van der Waals surface area contributed by atoms with Crippen LogP contribution >= 0.6 is 11.3 Å². The average molecular weight is 248 g/mol. The van der Waals surface area contributed by atoms with Gasteiger partial charge < -0.3 is 5.43 Å². The number of pyridine rings is 1. The normalized spacial score (nSPS) is 10.8. The molecule has 0 aliphatic rings. The molecule has 0 aromatic carbocycles. The molecule has 0 bridgehead atoms. The predicted molar refractivity (Wildman–Crippen MR) is 71.5 cm³/mol. The van der Waals surface area contributed by atoms with Crippen molar-refractivity contribution < 1.29 is 0 Å². The minimum atomic E-state index is 0.700. The second-order valence-corrected chi connectivity index (χ2v) is 4.78. The summed E-state index contributed by atoms with van der Waals surface area (Å²) >= 11 is 1.73. The number of hydrogen-bond donors (Lipinski definition) is 2. The molecular weight excluding hydrogens is 232 g/mol. The van der Waals surface area contributed by atoms with Gasteiger partial charge >= 0.3 is 0 Å². The molecule has 90 valence electrons. The van der Waals surface area contributed by atoms with Crippen LogP contribution in [-0.2, 0) is 13.1 Å². The maximum atomic E-state index is 5.33. The van der Waals surface area contributed by atoms with Crippen molar-refractivity contribution in [2.24, 2.45) is 5.84 Å². The van der Waals surface area contributed by atoms with E-state index in [1.165, 1.54) is 11.1 Å². The summed E-state index contributed by atoms with van der Waals surface area (Å²) in [6.45, 7) is 1.84. The lowest BCUT2D eigenvalue weighted by Crippen LogP contribution is -2.17. The fourth-order valence-corrected chi connectivity index (χ4v) is 2.37. The molecule has 2 aromatic heterocycles. The topological polar surface area (TPSA) is 54.2 Å². The van der Waals surface area contributed by atoms with Gasteiger partial charge in [-0.2, -0.15) is 11.3 Å². The number of hydrogen-bond acceptors (Lipinski definition) is 5. The Bertz CT molecular complexity index is 455. The first-order valence-electron chi connectivity index (χ1n) is 5.39. The molecule has 0 radical (unpaired) electrons. The molecule has 0 unspecified atom stereocenters. The van der Waals surface area contributed by atoms with Crippen molar-refractivity contribution in [2.75, 3.05) is 12.5 Å². The molecule has 0 spiro atoms. The van der Waals surface area contributed by atoms with Gasteiger partial charge in [0.15, 0.2) is 0 Å². The molecule has 3 N–H and O–H groups in total. The summed E-state index contributed by atoms with van der Waals surface area (Å²) < 4.78 is 0. The molecular formula is C12H16N4S. The summed E-state index contributed by atoms with van der Waals surface area (Å²) in [6.07, 6.45) is 1.77. The third kappa shape index (κ3) is 3.52. The summed E-state index contributed by atoms with van der Waals surface area (Å²) in [7, 11) is 2.10. The lowest BCUT2D eigenvalue weighted by atomic mass is 10.2. The van der Waals surface area contributed by atoms with Gasteiger partial charge in [0.05, 0.1) is 0 Å². The molecule has 0 saturated heterocycles. The number of thiophene rings is 1. The van der Waals surface area contributed by atoms with E-state index in [4.69, 9.17) is 5.84 Å². The number of aromatic nitrogens is 1. The lowest BCUT2D eigenvalue weighted by Gasteiger charge is -2.16. The highest BCUT2D eigenvalue weighted by Gasteiger charge is 2.03. The van der Waals surface area contributed by atoms with Crippen molar-refractivity contribution in [1.82, 2.24) is 9.88 Å². The van der Waals surface area contributed by atoms with Gasteiger partial charge in [0, 0.05) is 19.3 Å². The number of nitrogens with one attached hydrogen (secondary N) is 1. The van der Waals surface area contributed by atoms with E-state index in [-0.39, 0.29) is 0 Å². The van der Waals surface area contributed by atoms with Crippen LogP contribution in [0.3, 0.4) is 0 Å². The molecule has 0 saturated carbocycles. The Hall–Kier alpha value is -1.43. The summed E-state index contributed by atoms with van der Waals surface area (Å²) in [6, 6.07) is 6.12. The average Bonchev–Trinajstić information content (AvgIpc) is 2.82. The van der Waals surface area contributed by atoms with Gasteiger partial charge in [0.2, 0.25) is 0 Å². The SMILES string of the molecule is CN(Cc1ccsc1)Cc1ccnc(NN)c1. The maximum Gasteiger partial charge on any atom is 0.140 e. The van der Waals surface area contributed by atoms with Crippen molar-refractivity contribution >= 4 is 17.2 Å². The van der Waals surface area contributed by atoms with Crippen molar-refractivity contribution in [3.05, 3.63) is 46.3 Å². The van der Waals surface area contributed by atoms with E-state index in [9.17, 15) is 0 Å². The van der Waals surface area contributed by atoms with E-state index in [2.05, 4.69) is 39.2 Å². The molecule has 0 fully saturated rings. The van der Waals surface area contributed by atoms with Crippen LogP contribution < -0.4 is 11.3 Å². The zero-order valence-electron chi connectivity index (χ0n) is 9.76. The highest BCUT2D eigenvalue weighted by molar-refractivity contribution is 7.07. The number of hydrazine groups is 1. The van der Waals surface area contributed by atoms with Crippen LogP contribution in [0.5, 0.6) is 0 Å². The molecule has 0 aliphatic heterocycles. The second kappa shape index (κ2) is 5.77. The summed E-state index contributed by atoms with van der Waals surface area (Å²) in [5, 5.41) is 4.28. The van der Waals surface area contributed by atoms with E-state index >= 15 is 0 Å². The Morgan fingerprint density at radius 1 is 1.35 bits per heavy atom. The van der Waals surface area contributed by atoms with Crippen molar-refractivity contribution in [3.8, 4) is 0 Å². The number of nitrogen functional groups attached to an aromatic ring is 1. The van der Waals surface area contributed by atoms with Crippen LogP contribution in [0.1, 0.15) is 11.1 Å². The Balaban J connectivity index is 1.95. The van der Waals surface area contributed by atoms with Crippen LogP contribution in [0.25, 0.3) is 0 Å². The summed E-state index contributed by atoms with van der Waals surface area (Å²) in [4.78, 5) is 6.35. The van der Waals surface area contributed by atoms with Gasteiger partial charge in [-0.25, -0.2) is 10.8 Å². The van der Waals surface area contributed by atoms with Crippen LogP contribution in [0.4, 0.5) is 5.82 Å². The van der Waals surface area contributed by atoms with E-state index in [1.807, 2.05) is 12.1 Å². The Kier molecular flexibility index (Phi) is 4.08. The number of nitrogens with two attached hydrogens (primary N) is 1. The largest absolute Gasteiger partial charge is 0.308 e. The minimum Gasteiger partial charge on any atom is -0.308 e. The standard InChI is InChI=1S/C12H16N4S/c1-16(8-11-3-5-17-9-11)7-10-2-4-14-12(6-10)15-13/h2-6,9H,7-8,13H2,1H3,(H,14,15). The summed E-state index contributed by atoms with van der Waals surface area (Å²) in [5.74, 6) is 6.03. The Labute approximate surface area is 105 Å². The first-order valence-corrected chi connectivity index (χ1v) is 6.33. The van der Waals surface area contributed by atoms with E-state index in [0.717, 1.165) is 13.1 Å². The monoisotopic (exact) mass is 248 g/mol. The smallest absolute Gasteiger partial charge is 0.140 e. The van der Waals surface area contributed by atoms with Crippen molar-refractivity contribution in [2.45, 2.75) is 13.1 Å². The fraction of sp³-hybridized carbons (Fsp3) is 0.250. The first-order chi connectivity index (χ1) is 8.28. The van der Waals surface area contributed by atoms with Crippen molar-refractivity contribution in [1.29, 1.82) is 0 Å². The zero-order chi connectivity index (χ0) is 12.1. The highest BCUT2D eigenvalue weighted by Crippen LogP contribution is 2.12. The van der Waals surface area contributed by atoms with Gasteiger partial charge in [-0.1, -0.05) is 0 Å². The third-order valence-electron chi connectivity index (χ3n) is 2.46. The minimum absolute atomic E-state index is 0.700. The van der Waals surface area contributed by atoms with E-state index in [0.29, 0.717) is 5.82 Å². The van der Waals surface area contributed by atoms with E-state index in [1.54, 1.807) is 17.5 Å².